The van der Waals surface area contributed by atoms with Crippen LogP contribution in [-0.4, -0.2) is 47.0 Å². The summed E-state index contributed by atoms with van der Waals surface area (Å²) in [6.45, 7) is -0.289. The molecule has 7 nitrogen and oxygen atoms in total. The Kier molecular flexibility index (Phi) is 5.54. The summed E-state index contributed by atoms with van der Waals surface area (Å²) in [5.41, 5.74) is 2.65. The highest BCUT2D eigenvalue weighted by Gasteiger charge is 2.48. The minimum Gasteiger partial charge on any atom is -0.497 e. The van der Waals surface area contributed by atoms with Crippen molar-refractivity contribution in [3.8, 4) is 5.75 Å². The zero-order chi connectivity index (χ0) is 22.9. The summed E-state index contributed by atoms with van der Waals surface area (Å²) in [5.74, 6) is -0.854. The van der Waals surface area contributed by atoms with Gasteiger partial charge in [-0.1, -0.05) is 54.6 Å². The molecule has 1 saturated heterocycles. The lowest BCUT2D eigenvalue weighted by atomic mass is 9.85. The normalized spacial score (nSPS) is 24.2. The van der Waals surface area contributed by atoms with E-state index in [0.29, 0.717) is 19.3 Å². The van der Waals surface area contributed by atoms with Crippen molar-refractivity contribution in [2.24, 2.45) is 16.9 Å². The lowest BCUT2D eigenvalue weighted by Gasteiger charge is -2.24. The topological polar surface area (TPSA) is 79.3 Å². The molecule has 2 aliphatic heterocycles. The predicted octanol–water partition coefficient (Wildman–Crippen LogP) is 3.32. The largest absolute Gasteiger partial charge is 0.497 e. The predicted molar refractivity (Wildman–Crippen MR) is 122 cm³/mol. The highest BCUT2D eigenvalue weighted by Crippen LogP contribution is 2.37. The minimum atomic E-state index is -0.366. The third kappa shape index (κ3) is 3.84. The summed E-state index contributed by atoms with van der Waals surface area (Å²) in [4.78, 5) is 40.3. The molecule has 0 bridgehead atoms. The number of ether oxygens (including phenoxy) is 1. The molecule has 3 aliphatic rings. The molecule has 0 N–H and O–H groups in total. The van der Waals surface area contributed by atoms with E-state index in [1.165, 1.54) is 5.01 Å². The molecule has 168 valence electrons. The molecule has 5 rings (SSSR count). The van der Waals surface area contributed by atoms with Gasteiger partial charge in [0.25, 0.3) is 5.91 Å². The first-order valence-electron chi connectivity index (χ1n) is 11.2. The quantitative estimate of drug-likeness (QED) is 0.525. The van der Waals surface area contributed by atoms with Crippen molar-refractivity contribution >= 4 is 23.4 Å². The van der Waals surface area contributed by atoms with E-state index in [1.54, 1.807) is 7.11 Å². The molecular formula is C26H25N3O4. The van der Waals surface area contributed by atoms with Gasteiger partial charge in [-0.2, -0.15) is 5.10 Å². The first kappa shape index (κ1) is 21.1. The minimum absolute atomic E-state index is 0.254. The second-order valence-electron chi connectivity index (χ2n) is 8.56. The van der Waals surface area contributed by atoms with Crippen LogP contribution < -0.4 is 4.74 Å². The number of carbonyl (C=O) groups is 3. The number of nitrogens with zero attached hydrogens (tertiary/aromatic N) is 3. The summed E-state index contributed by atoms with van der Waals surface area (Å²) >= 11 is 0. The molecule has 33 heavy (non-hydrogen) atoms. The number of methoxy groups -OCH3 is 1. The zero-order valence-electron chi connectivity index (χ0n) is 18.4. The molecule has 0 aromatic heterocycles. The van der Waals surface area contributed by atoms with Crippen LogP contribution in [0, 0.1) is 11.8 Å². The number of rotatable bonds is 5. The first-order chi connectivity index (χ1) is 16.1. The van der Waals surface area contributed by atoms with Crippen molar-refractivity contribution in [1.29, 1.82) is 0 Å². The molecule has 1 fully saturated rings. The van der Waals surface area contributed by atoms with Crippen LogP contribution >= 0.6 is 0 Å². The monoisotopic (exact) mass is 443 g/mol. The summed E-state index contributed by atoms with van der Waals surface area (Å²) in [7, 11) is 1.61. The Balaban J connectivity index is 1.42. The van der Waals surface area contributed by atoms with E-state index in [4.69, 9.17) is 4.74 Å². The number of amides is 3. The fourth-order valence-electron chi connectivity index (χ4n) is 4.86. The van der Waals surface area contributed by atoms with Crippen molar-refractivity contribution in [2.45, 2.75) is 25.3 Å². The van der Waals surface area contributed by atoms with Crippen LogP contribution in [0.2, 0.25) is 0 Å². The lowest BCUT2D eigenvalue weighted by Crippen LogP contribution is -2.41. The van der Waals surface area contributed by atoms with Crippen molar-refractivity contribution in [3.63, 3.8) is 0 Å². The van der Waals surface area contributed by atoms with Crippen molar-refractivity contribution in [3.05, 3.63) is 77.9 Å². The SMILES string of the molecule is COc1ccc(C2CC(c3ccccc3)=NN2C(=O)CN2C(=O)C3CC=CCC3C2=O)cc1. The Labute approximate surface area is 192 Å². The standard InChI is InChI=1S/C26H25N3O4/c1-33-19-13-11-18(12-14-19)23-15-22(17-7-3-2-4-8-17)27-29(23)24(30)16-28-25(31)20-9-5-6-10-21(20)26(28)32/h2-8,11-14,20-21,23H,9-10,15-16H2,1H3. The molecule has 2 aromatic carbocycles. The fraction of sp³-hybridized carbons (Fsp3) is 0.308. The molecule has 0 radical (unpaired) electrons. The number of likely N-dealkylation sites (tertiary alicyclic amines) is 1. The Morgan fingerprint density at radius 3 is 2.21 bits per heavy atom. The molecule has 1 aliphatic carbocycles. The van der Waals surface area contributed by atoms with Crippen LogP contribution in [0.25, 0.3) is 0 Å². The van der Waals surface area contributed by atoms with Crippen LogP contribution in [0.4, 0.5) is 0 Å². The molecule has 3 amide bonds. The number of allylic oxidation sites excluding steroid dienone is 2. The zero-order valence-corrected chi connectivity index (χ0v) is 18.4. The van der Waals surface area contributed by atoms with E-state index in [2.05, 4.69) is 5.10 Å². The average molecular weight is 444 g/mol. The molecule has 3 atom stereocenters. The molecule has 0 saturated carbocycles. The van der Waals surface area contributed by atoms with Crippen LogP contribution in [0.5, 0.6) is 5.75 Å². The summed E-state index contributed by atoms with van der Waals surface area (Å²) in [6, 6.07) is 16.9. The van der Waals surface area contributed by atoms with E-state index in [1.807, 2.05) is 66.7 Å². The summed E-state index contributed by atoms with van der Waals surface area (Å²) < 4.78 is 5.26. The number of fused-ring (bicyclic) bond motifs is 1. The maximum atomic E-state index is 13.4. The maximum absolute atomic E-state index is 13.4. The van der Waals surface area contributed by atoms with Gasteiger partial charge in [-0.05, 0) is 36.1 Å². The molecule has 2 heterocycles. The number of hydrogen-bond donors (Lipinski definition) is 0. The van der Waals surface area contributed by atoms with E-state index in [9.17, 15) is 14.4 Å². The fourth-order valence-corrected chi connectivity index (χ4v) is 4.86. The smallest absolute Gasteiger partial charge is 0.263 e. The molecular weight excluding hydrogens is 418 g/mol. The number of imide groups is 1. The Morgan fingerprint density at radius 2 is 1.61 bits per heavy atom. The number of hydrogen-bond acceptors (Lipinski definition) is 5. The number of carbonyl (C=O) groups excluding carboxylic acids is 3. The van der Waals surface area contributed by atoms with Gasteiger partial charge < -0.3 is 4.74 Å². The summed E-state index contributed by atoms with van der Waals surface area (Å²) in [5, 5.41) is 6.08. The van der Waals surface area contributed by atoms with Gasteiger partial charge in [0.15, 0.2) is 0 Å². The van der Waals surface area contributed by atoms with Crippen molar-refractivity contribution in [2.75, 3.05) is 13.7 Å². The third-order valence-electron chi connectivity index (χ3n) is 6.67. The van der Waals surface area contributed by atoms with Crippen LogP contribution in [0.15, 0.2) is 71.9 Å². The van der Waals surface area contributed by atoms with Gasteiger partial charge in [-0.25, -0.2) is 5.01 Å². The van der Waals surface area contributed by atoms with Gasteiger partial charge in [0.1, 0.15) is 12.3 Å². The molecule has 7 heteroatoms. The number of hydrazone groups is 1. The third-order valence-corrected chi connectivity index (χ3v) is 6.67. The van der Waals surface area contributed by atoms with Gasteiger partial charge in [-0.3, -0.25) is 19.3 Å². The molecule has 3 unspecified atom stereocenters. The maximum Gasteiger partial charge on any atom is 0.263 e. The first-order valence-corrected chi connectivity index (χ1v) is 11.2. The van der Waals surface area contributed by atoms with Crippen molar-refractivity contribution in [1.82, 2.24) is 9.91 Å². The number of benzene rings is 2. The average Bonchev–Trinajstić information content (AvgIpc) is 3.41. The Bertz CT molecular complexity index is 1110. The van der Waals surface area contributed by atoms with Gasteiger partial charge in [0.05, 0.1) is 30.7 Å². The highest BCUT2D eigenvalue weighted by molar-refractivity contribution is 6.08. The van der Waals surface area contributed by atoms with Crippen LogP contribution in [0.1, 0.15) is 36.4 Å². The molecule has 2 aromatic rings. The van der Waals surface area contributed by atoms with Crippen molar-refractivity contribution < 1.29 is 19.1 Å². The second-order valence-corrected chi connectivity index (χ2v) is 8.56. The molecule has 0 spiro atoms. The van der Waals surface area contributed by atoms with Gasteiger partial charge in [0, 0.05) is 6.42 Å². The Morgan fingerprint density at radius 1 is 0.970 bits per heavy atom. The van der Waals surface area contributed by atoms with E-state index in [-0.39, 0.29) is 42.1 Å². The van der Waals surface area contributed by atoms with E-state index < -0.39 is 0 Å². The lowest BCUT2D eigenvalue weighted by molar-refractivity contribution is -0.147. The summed E-state index contributed by atoms with van der Waals surface area (Å²) in [6.07, 6.45) is 5.52. The highest BCUT2D eigenvalue weighted by atomic mass is 16.5. The van der Waals surface area contributed by atoms with E-state index in [0.717, 1.165) is 27.5 Å². The van der Waals surface area contributed by atoms with Gasteiger partial charge in [0.2, 0.25) is 11.8 Å². The van der Waals surface area contributed by atoms with E-state index >= 15 is 0 Å². The van der Waals surface area contributed by atoms with Crippen LogP contribution in [-0.2, 0) is 14.4 Å². The Hall–Kier alpha value is -3.74. The van der Waals surface area contributed by atoms with Crippen LogP contribution in [0.3, 0.4) is 0 Å². The second kappa shape index (κ2) is 8.65. The van der Waals surface area contributed by atoms with Gasteiger partial charge in [-0.15, -0.1) is 0 Å². The van der Waals surface area contributed by atoms with Gasteiger partial charge >= 0.3 is 0 Å².